The Morgan fingerprint density at radius 1 is 0.260 bits per heavy atom. The minimum atomic E-state index is 0.308. The van der Waals surface area contributed by atoms with Crippen LogP contribution >= 0.6 is 0 Å². The smallest absolute Gasteiger partial charge is 0.107 e. The van der Waals surface area contributed by atoms with Crippen LogP contribution in [-0.2, 0) is 61.6 Å². The number of hydrogen-bond acceptors (Lipinski definition) is 13. The molecule has 0 amide bonds. The fourth-order valence-electron chi connectivity index (χ4n) is 4.11. The predicted molar refractivity (Wildman–Crippen MR) is 192 cm³/mol. The first-order valence-corrected chi connectivity index (χ1v) is 18.9. The van der Waals surface area contributed by atoms with Crippen molar-refractivity contribution in [1.82, 2.24) is 0 Å². The maximum absolute atomic E-state index is 5.62. The van der Waals surface area contributed by atoms with E-state index in [2.05, 4.69) is 12.8 Å². The van der Waals surface area contributed by atoms with Gasteiger partial charge in [0.05, 0.1) is 159 Å². The molecular weight excluding hydrogens is 652 g/mol. The molecule has 0 spiro atoms. The van der Waals surface area contributed by atoms with E-state index < -0.39 is 0 Å². The quantitative estimate of drug-likeness (QED) is 0.0666. The van der Waals surface area contributed by atoms with E-state index in [9.17, 15) is 0 Å². The molecular formula is C37H72O13. The zero-order chi connectivity index (χ0) is 35.9. The van der Waals surface area contributed by atoms with E-state index in [1.165, 1.54) is 44.9 Å². The number of hydrogen-bond donors (Lipinski definition) is 0. The highest BCUT2D eigenvalue weighted by Crippen LogP contribution is 2.08. The summed E-state index contributed by atoms with van der Waals surface area (Å²) in [4.78, 5) is 0. The summed E-state index contributed by atoms with van der Waals surface area (Å²) in [5, 5.41) is 0. The molecule has 0 heterocycles. The van der Waals surface area contributed by atoms with Gasteiger partial charge in [-0.1, -0.05) is 57.8 Å². The predicted octanol–water partition coefficient (Wildman–Crippen LogP) is 3.98. The van der Waals surface area contributed by atoms with Gasteiger partial charge in [-0.15, -0.1) is 6.42 Å². The third-order valence-corrected chi connectivity index (χ3v) is 6.79. The molecule has 0 saturated heterocycles. The van der Waals surface area contributed by atoms with Crippen molar-refractivity contribution in [1.29, 1.82) is 0 Å². The Hall–Kier alpha value is -0.960. The molecule has 0 fully saturated rings. The second-order valence-electron chi connectivity index (χ2n) is 11.1. The van der Waals surface area contributed by atoms with Crippen LogP contribution in [0.2, 0.25) is 0 Å². The summed E-state index contributed by atoms with van der Waals surface area (Å²) in [6, 6.07) is 0. The van der Waals surface area contributed by atoms with Gasteiger partial charge >= 0.3 is 0 Å². The Bertz CT molecular complexity index is 639. The topological polar surface area (TPSA) is 120 Å². The molecule has 0 aliphatic carbocycles. The highest BCUT2D eigenvalue weighted by atomic mass is 16.6. The van der Waals surface area contributed by atoms with Gasteiger partial charge in [0, 0.05) is 6.61 Å². The minimum absolute atomic E-state index is 0.308. The molecule has 0 saturated carbocycles. The fraction of sp³-hybridized carbons (Fsp3) is 0.946. The number of ether oxygens (including phenoxy) is 13. The zero-order valence-electron chi connectivity index (χ0n) is 31.4. The van der Waals surface area contributed by atoms with E-state index in [1.54, 1.807) is 0 Å². The van der Waals surface area contributed by atoms with Gasteiger partial charge in [-0.3, -0.25) is 0 Å². The summed E-state index contributed by atoms with van der Waals surface area (Å²) >= 11 is 0. The van der Waals surface area contributed by atoms with Gasteiger partial charge in [0.1, 0.15) is 6.61 Å². The van der Waals surface area contributed by atoms with Crippen LogP contribution in [0.1, 0.15) is 58.3 Å². The van der Waals surface area contributed by atoms with Gasteiger partial charge in [-0.2, -0.15) is 0 Å². The Balaban J connectivity index is 3.04. The van der Waals surface area contributed by atoms with Crippen LogP contribution in [0.3, 0.4) is 0 Å². The molecule has 0 atom stereocenters. The number of terminal acetylenes is 1. The van der Waals surface area contributed by atoms with Gasteiger partial charge < -0.3 is 61.6 Å². The first kappa shape index (κ1) is 49.0. The maximum Gasteiger partial charge on any atom is 0.107 e. The lowest BCUT2D eigenvalue weighted by Gasteiger charge is -2.09. The molecule has 50 heavy (non-hydrogen) atoms. The van der Waals surface area contributed by atoms with Crippen molar-refractivity contribution in [2.45, 2.75) is 58.3 Å². The molecule has 13 heteroatoms. The second kappa shape index (κ2) is 48.0. The fourth-order valence-corrected chi connectivity index (χ4v) is 4.11. The van der Waals surface area contributed by atoms with Crippen molar-refractivity contribution in [2.24, 2.45) is 0 Å². The van der Waals surface area contributed by atoms with Crippen LogP contribution in [0, 0.1) is 12.3 Å². The Labute approximate surface area is 303 Å². The van der Waals surface area contributed by atoms with Gasteiger partial charge in [-0.05, 0) is 6.42 Å². The minimum Gasteiger partial charge on any atom is -0.379 e. The Morgan fingerprint density at radius 2 is 0.460 bits per heavy atom. The largest absolute Gasteiger partial charge is 0.379 e. The normalized spacial score (nSPS) is 11.4. The molecule has 0 aromatic heterocycles. The van der Waals surface area contributed by atoms with Crippen molar-refractivity contribution in [3.63, 3.8) is 0 Å². The monoisotopic (exact) mass is 724 g/mol. The van der Waals surface area contributed by atoms with E-state index in [0.717, 1.165) is 13.0 Å². The summed E-state index contributed by atoms with van der Waals surface area (Å²) < 4.78 is 70.9. The van der Waals surface area contributed by atoms with Crippen molar-refractivity contribution in [2.75, 3.05) is 172 Å². The molecule has 0 unspecified atom stereocenters. The van der Waals surface area contributed by atoms with Crippen molar-refractivity contribution < 1.29 is 61.6 Å². The highest BCUT2D eigenvalue weighted by Gasteiger charge is 1.97. The molecule has 0 rings (SSSR count). The summed E-state index contributed by atoms with van der Waals surface area (Å²) in [6.07, 6.45) is 15.6. The van der Waals surface area contributed by atoms with Crippen molar-refractivity contribution in [3.05, 3.63) is 0 Å². The Morgan fingerprint density at radius 3 is 0.700 bits per heavy atom. The molecule has 0 aromatic carbocycles. The molecule has 0 aliphatic heterocycles. The SMILES string of the molecule is C#CCOCCOCCOCCOCCOCCOCCOCCOCCOCCOCCOCCOCCOCCCCCCCCCC. The molecule has 0 N–H and O–H groups in total. The van der Waals surface area contributed by atoms with Crippen LogP contribution in [0.15, 0.2) is 0 Å². The summed E-state index contributed by atoms with van der Waals surface area (Å²) in [5.74, 6) is 2.40. The third-order valence-electron chi connectivity index (χ3n) is 6.79. The first-order chi connectivity index (χ1) is 24.9. The van der Waals surface area contributed by atoms with Crippen LogP contribution in [0.4, 0.5) is 0 Å². The number of unbranched alkanes of at least 4 members (excludes halogenated alkanes) is 7. The molecule has 298 valence electrons. The van der Waals surface area contributed by atoms with Crippen molar-refractivity contribution >= 4 is 0 Å². The van der Waals surface area contributed by atoms with Crippen molar-refractivity contribution in [3.8, 4) is 12.3 Å². The van der Waals surface area contributed by atoms with E-state index in [0.29, 0.717) is 165 Å². The van der Waals surface area contributed by atoms with Gasteiger partial charge in [0.15, 0.2) is 0 Å². The standard InChI is InChI=1S/C37H72O13/c1-3-5-6-7-8-9-10-11-13-39-15-17-41-19-21-43-23-25-45-27-29-47-31-33-49-35-37-50-36-34-48-32-30-46-28-26-44-24-22-42-20-18-40-16-14-38-12-4-2/h2H,3,5-37H2,1H3. The van der Waals surface area contributed by atoms with Crippen LogP contribution in [0.25, 0.3) is 0 Å². The first-order valence-electron chi connectivity index (χ1n) is 18.9. The van der Waals surface area contributed by atoms with E-state index in [4.69, 9.17) is 68.0 Å². The molecule has 0 aromatic rings. The molecule has 0 bridgehead atoms. The lowest BCUT2D eigenvalue weighted by molar-refractivity contribution is -0.0289. The Kier molecular flexibility index (Phi) is 47.1. The van der Waals surface area contributed by atoms with E-state index in [1.807, 2.05) is 0 Å². The summed E-state index contributed by atoms with van der Waals surface area (Å²) in [6.45, 7) is 16.1. The number of rotatable bonds is 46. The molecule has 0 aliphatic rings. The van der Waals surface area contributed by atoms with Gasteiger partial charge in [0.2, 0.25) is 0 Å². The average Bonchev–Trinajstić information content (AvgIpc) is 3.13. The van der Waals surface area contributed by atoms with E-state index >= 15 is 0 Å². The van der Waals surface area contributed by atoms with Crippen LogP contribution in [0.5, 0.6) is 0 Å². The lowest BCUT2D eigenvalue weighted by atomic mass is 10.1. The molecule has 13 nitrogen and oxygen atoms in total. The molecule has 0 radical (unpaired) electrons. The highest BCUT2D eigenvalue weighted by molar-refractivity contribution is 4.82. The average molecular weight is 725 g/mol. The van der Waals surface area contributed by atoms with Gasteiger partial charge in [0.25, 0.3) is 0 Å². The van der Waals surface area contributed by atoms with E-state index in [-0.39, 0.29) is 0 Å². The maximum atomic E-state index is 5.62. The summed E-state index contributed by atoms with van der Waals surface area (Å²) in [5.41, 5.74) is 0. The zero-order valence-corrected chi connectivity index (χ0v) is 31.4. The third kappa shape index (κ3) is 47.0. The van der Waals surface area contributed by atoms with Crippen LogP contribution < -0.4 is 0 Å². The van der Waals surface area contributed by atoms with Crippen LogP contribution in [-0.4, -0.2) is 172 Å². The van der Waals surface area contributed by atoms with Gasteiger partial charge in [-0.25, -0.2) is 0 Å². The summed E-state index contributed by atoms with van der Waals surface area (Å²) in [7, 11) is 0. The lowest BCUT2D eigenvalue weighted by Crippen LogP contribution is -2.15. The second-order valence-corrected chi connectivity index (χ2v) is 11.1.